The molecule has 23 heavy (non-hydrogen) atoms. The number of carbonyl (C=O) groups excluding carboxylic acids is 1. The van der Waals surface area contributed by atoms with Crippen LogP contribution in [-0.2, 0) is 6.54 Å². The highest BCUT2D eigenvalue weighted by Gasteiger charge is 2.20. The Morgan fingerprint density at radius 1 is 1.43 bits per heavy atom. The van der Waals surface area contributed by atoms with Crippen LogP contribution in [-0.4, -0.2) is 46.4 Å². The summed E-state index contributed by atoms with van der Waals surface area (Å²) in [5, 5.41) is 11.3. The molecule has 1 fully saturated rings. The van der Waals surface area contributed by atoms with E-state index in [1.165, 1.54) is 0 Å². The van der Waals surface area contributed by atoms with Crippen molar-refractivity contribution in [3.63, 3.8) is 0 Å². The molecule has 0 spiro atoms. The van der Waals surface area contributed by atoms with Crippen LogP contribution in [0.1, 0.15) is 12.6 Å². The van der Waals surface area contributed by atoms with Crippen LogP contribution in [0.15, 0.2) is 36.5 Å². The van der Waals surface area contributed by atoms with Crippen molar-refractivity contribution in [1.29, 1.82) is 0 Å². The maximum Gasteiger partial charge on any atom is 0.317 e. The fourth-order valence-electron chi connectivity index (χ4n) is 2.62. The second kappa shape index (κ2) is 7.02. The van der Waals surface area contributed by atoms with E-state index in [-0.39, 0.29) is 6.03 Å². The van der Waals surface area contributed by atoms with Crippen LogP contribution < -0.4 is 10.6 Å². The van der Waals surface area contributed by atoms with Gasteiger partial charge in [0.1, 0.15) is 0 Å². The van der Waals surface area contributed by atoms with Crippen LogP contribution in [0.4, 0.5) is 4.79 Å². The van der Waals surface area contributed by atoms with E-state index in [1.54, 1.807) is 4.68 Å². The summed E-state index contributed by atoms with van der Waals surface area (Å²) in [6, 6.07) is 9.68. The summed E-state index contributed by atoms with van der Waals surface area (Å²) in [6.45, 7) is 4.75. The minimum Gasteiger partial charge on any atom is -0.332 e. The van der Waals surface area contributed by atoms with E-state index >= 15 is 0 Å². The number of piperazine rings is 1. The van der Waals surface area contributed by atoms with Gasteiger partial charge in [0.05, 0.1) is 22.9 Å². The Morgan fingerprint density at radius 2 is 2.26 bits per heavy atom. The number of halogens is 1. The van der Waals surface area contributed by atoms with Crippen LogP contribution >= 0.6 is 11.6 Å². The molecule has 1 saturated heterocycles. The third kappa shape index (κ3) is 3.83. The molecule has 7 heteroatoms. The van der Waals surface area contributed by atoms with Crippen molar-refractivity contribution in [2.24, 2.45) is 0 Å². The second-order valence-corrected chi connectivity index (χ2v) is 6.07. The zero-order chi connectivity index (χ0) is 16.2. The van der Waals surface area contributed by atoms with E-state index in [9.17, 15) is 4.79 Å². The van der Waals surface area contributed by atoms with Gasteiger partial charge in [-0.25, -0.2) is 9.48 Å². The molecular weight excluding hydrogens is 314 g/mol. The first kappa shape index (κ1) is 15.8. The first-order valence-corrected chi connectivity index (χ1v) is 8.07. The molecule has 0 bridgehead atoms. The summed E-state index contributed by atoms with van der Waals surface area (Å²) in [7, 11) is 0. The third-order valence-electron chi connectivity index (χ3n) is 3.82. The molecule has 3 rings (SSSR count). The molecule has 1 aliphatic heterocycles. The maximum absolute atomic E-state index is 12.2. The molecule has 1 aromatic carbocycles. The van der Waals surface area contributed by atoms with Crippen molar-refractivity contribution in [3.05, 3.63) is 47.2 Å². The molecule has 1 atom stereocenters. The number of nitrogens with one attached hydrogen (secondary N) is 2. The number of aromatic nitrogens is 2. The lowest BCUT2D eigenvalue weighted by atomic mass is 10.2. The van der Waals surface area contributed by atoms with E-state index in [0.717, 1.165) is 31.0 Å². The molecule has 2 aromatic rings. The Labute approximate surface area is 140 Å². The van der Waals surface area contributed by atoms with Gasteiger partial charge in [0.15, 0.2) is 0 Å². The number of benzene rings is 1. The molecule has 1 aliphatic rings. The Kier molecular flexibility index (Phi) is 4.83. The smallest absolute Gasteiger partial charge is 0.317 e. The highest BCUT2D eigenvalue weighted by molar-refractivity contribution is 6.32. The van der Waals surface area contributed by atoms with Gasteiger partial charge < -0.3 is 15.5 Å². The number of amides is 2. The Bertz CT molecular complexity index is 687. The molecular formula is C16H20ClN5O. The molecule has 0 radical (unpaired) electrons. The van der Waals surface area contributed by atoms with Crippen molar-refractivity contribution < 1.29 is 4.79 Å². The number of carbonyl (C=O) groups is 1. The predicted molar refractivity (Wildman–Crippen MR) is 89.8 cm³/mol. The fraction of sp³-hybridized carbons (Fsp3) is 0.375. The largest absolute Gasteiger partial charge is 0.332 e. The molecule has 0 aliphatic carbocycles. The van der Waals surface area contributed by atoms with E-state index in [1.807, 2.05) is 41.4 Å². The van der Waals surface area contributed by atoms with Gasteiger partial charge >= 0.3 is 6.03 Å². The van der Waals surface area contributed by atoms with Crippen molar-refractivity contribution in [3.8, 4) is 5.69 Å². The predicted octanol–water partition coefficient (Wildman–Crippen LogP) is 2.03. The second-order valence-electron chi connectivity index (χ2n) is 5.66. The zero-order valence-electron chi connectivity index (χ0n) is 13.0. The normalized spacial score (nSPS) is 18.0. The van der Waals surface area contributed by atoms with Gasteiger partial charge in [0.2, 0.25) is 0 Å². The fourth-order valence-corrected chi connectivity index (χ4v) is 2.84. The average Bonchev–Trinajstić information content (AvgIpc) is 3.02. The van der Waals surface area contributed by atoms with Gasteiger partial charge in [-0.15, -0.1) is 0 Å². The molecule has 0 unspecified atom stereocenters. The van der Waals surface area contributed by atoms with Crippen LogP contribution in [0, 0.1) is 0 Å². The molecule has 0 saturated carbocycles. The van der Waals surface area contributed by atoms with Crippen molar-refractivity contribution in [2.75, 3.05) is 19.6 Å². The maximum atomic E-state index is 12.2. The number of urea groups is 1. The first-order chi connectivity index (χ1) is 11.1. The highest BCUT2D eigenvalue weighted by atomic mass is 35.5. The number of hydrogen-bond donors (Lipinski definition) is 2. The minimum atomic E-state index is -0.0503. The molecule has 122 valence electrons. The average molecular weight is 334 g/mol. The van der Waals surface area contributed by atoms with Crippen LogP contribution in [0.25, 0.3) is 5.69 Å². The van der Waals surface area contributed by atoms with Crippen LogP contribution in [0.3, 0.4) is 0 Å². The summed E-state index contributed by atoms with van der Waals surface area (Å²) in [5.74, 6) is 0. The summed E-state index contributed by atoms with van der Waals surface area (Å²) in [4.78, 5) is 14.0. The first-order valence-electron chi connectivity index (χ1n) is 7.69. The summed E-state index contributed by atoms with van der Waals surface area (Å²) < 4.78 is 1.72. The summed E-state index contributed by atoms with van der Waals surface area (Å²) in [6.07, 6.45) is 1.84. The number of hydrogen-bond acceptors (Lipinski definition) is 3. The van der Waals surface area contributed by atoms with E-state index in [2.05, 4.69) is 22.7 Å². The topological polar surface area (TPSA) is 62.2 Å². The molecule has 6 nitrogen and oxygen atoms in total. The van der Waals surface area contributed by atoms with Gasteiger partial charge in [-0.1, -0.05) is 23.7 Å². The van der Waals surface area contributed by atoms with Crippen LogP contribution in [0.5, 0.6) is 0 Å². The molecule has 2 amide bonds. The SMILES string of the molecule is C[C@@H]1CN(C(=O)NCc2ccn(-c3ccccc3Cl)n2)CCN1. The lowest BCUT2D eigenvalue weighted by Gasteiger charge is -2.31. The Balaban J connectivity index is 1.59. The Morgan fingerprint density at radius 3 is 3.04 bits per heavy atom. The molecule has 2 heterocycles. The van der Waals surface area contributed by atoms with Gasteiger partial charge in [-0.05, 0) is 25.1 Å². The van der Waals surface area contributed by atoms with Crippen molar-refractivity contribution >= 4 is 17.6 Å². The quantitative estimate of drug-likeness (QED) is 0.903. The standard InChI is InChI=1S/C16H20ClN5O/c1-12-11-21(9-7-18-12)16(23)19-10-13-6-8-22(20-13)15-5-3-2-4-14(15)17/h2-6,8,12,18H,7,9-11H2,1H3,(H,19,23)/t12-/m1/s1. The third-order valence-corrected chi connectivity index (χ3v) is 4.14. The van der Waals surface area contributed by atoms with Gasteiger partial charge in [0.25, 0.3) is 0 Å². The lowest BCUT2D eigenvalue weighted by molar-refractivity contribution is 0.179. The highest BCUT2D eigenvalue weighted by Crippen LogP contribution is 2.19. The number of rotatable bonds is 3. The summed E-state index contributed by atoms with van der Waals surface area (Å²) >= 11 is 6.17. The van der Waals surface area contributed by atoms with E-state index < -0.39 is 0 Å². The zero-order valence-corrected chi connectivity index (χ0v) is 13.8. The van der Waals surface area contributed by atoms with Crippen molar-refractivity contribution in [2.45, 2.75) is 19.5 Å². The van der Waals surface area contributed by atoms with Gasteiger partial charge in [-0.3, -0.25) is 0 Å². The molecule has 2 N–H and O–H groups in total. The monoisotopic (exact) mass is 333 g/mol. The number of nitrogens with zero attached hydrogens (tertiary/aromatic N) is 3. The summed E-state index contributed by atoms with van der Waals surface area (Å²) in [5.41, 5.74) is 1.61. The van der Waals surface area contributed by atoms with E-state index in [0.29, 0.717) is 17.6 Å². The number of para-hydroxylation sites is 1. The van der Waals surface area contributed by atoms with E-state index in [4.69, 9.17) is 11.6 Å². The lowest BCUT2D eigenvalue weighted by Crippen LogP contribution is -2.53. The van der Waals surface area contributed by atoms with Gasteiger partial charge in [0, 0.05) is 31.9 Å². The molecule has 1 aromatic heterocycles. The minimum absolute atomic E-state index is 0.0503. The van der Waals surface area contributed by atoms with Crippen molar-refractivity contribution in [1.82, 2.24) is 25.3 Å². The van der Waals surface area contributed by atoms with Gasteiger partial charge in [-0.2, -0.15) is 5.10 Å². The Hall–Kier alpha value is -2.05. The van der Waals surface area contributed by atoms with Crippen LogP contribution in [0.2, 0.25) is 5.02 Å².